The maximum Gasteiger partial charge on any atom is 0.352 e. The number of amides is 2. The number of fused-ring (bicyclic) bond motifs is 1. The number of rotatable bonds is 7. The van der Waals surface area contributed by atoms with Crippen molar-refractivity contribution >= 4 is 52.6 Å². The Kier molecular flexibility index (Phi) is 5.41. The van der Waals surface area contributed by atoms with Gasteiger partial charge in [0.15, 0.2) is 5.71 Å². The molecule has 1 aromatic rings. The highest BCUT2D eigenvalue weighted by Gasteiger charge is 2.53. The molecule has 0 aliphatic carbocycles. The predicted molar refractivity (Wildman–Crippen MR) is 93.0 cm³/mol. The highest BCUT2D eigenvalue weighted by atomic mass is 32.2. The molecule has 2 aliphatic rings. The molecule has 27 heavy (non-hydrogen) atoms. The Morgan fingerprint density at radius 3 is 2.81 bits per heavy atom. The fourth-order valence-corrected chi connectivity index (χ4v) is 4.17. The number of nitrogens with one attached hydrogen (secondary N) is 1. The fraction of sp³-hybridized carbons (Fsp3) is 0.286. The van der Waals surface area contributed by atoms with Gasteiger partial charge in [0.05, 0.1) is 5.51 Å². The molecule has 11 nitrogen and oxygen atoms in total. The van der Waals surface area contributed by atoms with Crippen LogP contribution in [0.3, 0.4) is 0 Å². The van der Waals surface area contributed by atoms with Crippen molar-refractivity contribution in [3.63, 3.8) is 0 Å². The maximum atomic E-state index is 12.5. The van der Waals surface area contributed by atoms with Crippen molar-refractivity contribution in [3.05, 3.63) is 28.4 Å². The van der Waals surface area contributed by atoms with Gasteiger partial charge in [-0.3, -0.25) is 14.5 Å². The molecule has 1 aromatic heterocycles. The van der Waals surface area contributed by atoms with E-state index in [1.165, 1.54) is 40.1 Å². The average molecular weight is 412 g/mol. The normalized spacial score (nSPS) is 21.6. The Bertz CT molecular complexity index is 852. The monoisotopic (exact) mass is 412 g/mol. The van der Waals surface area contributed by atoms with Crippen molar-refractivity contribution in [3.8, 4) is 0 Å². The minimum atomic E-state index is -1.27. The van der Waals surface area contributed by atoms with E-state index < -0.39 is 41.8 Å². The van der Waals surface area contributed by atoms with E-state index >= 15 is 0 Å². The molecule has 0 bridgehead atoms. The SMILES string of the molecule is O=C(O)CO/N=C(\C(=O)NC1C(=O)N2C(C(=O)O)=CCSC12)c1cscn1. The van der Waals surface area contributed by atoms with Gasteiger partial charge in [-0.25, -0.2) is 14.6 Å². The van der Waals surface area contributed by atoms with Crippen LogP contribution < -0.4 is 5.32 Å². The Balaban J connectivity index is 1.73. The van der Waals surface area contributed by atoms with Crippen LogP contribution in [0.15, 0.2) is 27.8 Å². The number of oxime groups is 1. The Morgan fingerprint density at radius 2 is 2.19 bits per heavy atom. The van der Waals surface area contributed by atoms with Crippen molar-refractivity contribution < 1.29 is 34.2 Å². The molecule has 3 heterocycles. The Labute approximate surface area is 159 Å². The average Bonchev–Trinajstić information content (AvgIpc) is 3.16. The molecule has 2 atom stereocenters. The Morgan fingerprint density at radius 1 is 1.41 bits per heavy atom. The van der Waals surface area contributed by atoms with E-state index in [2.05, 4.69) is 20.3 Å². The van der Waals surface area contributed by atoms with Gasteiger partial charge in [0.25, 0.3) is 11.8 Å². The zero-order chi connectivity index (χ0) is 19.6. The van der Waals surface area contributed by atoms with E-state index in [9.17, 15) is 19.2 Å². The van der Waals surface area contributed by atoms with Gasteiger partial charge in [-0.15, -0.1) is 23.1 Å². The first-order valence-electron chi connectivity index (χ1n) is 7.39. The second-order valence-corrected chi connectivity index (χ2v) is 7.13. The second-order valence-electron chi connectivity index (χ2n) is 5.26. The number of carbonyl (C=O) groups is 4. The van der Waals surface area contributed by atoms with Gasteiger partial charge in [-0.1, -0.05) is 5.16 Å². The van der Waals surface area contributed by atoms with Gasteiger partial charge < -0.3 is 20.4 Å². The maximum absolute atomic E-state index is 12.5. The van der Waals surface area contributed by atoms with Crippen molar-refractivity contribution in [2.24, 2.45) is 5.16 Å². The summed E-state index contributed by atoms with van der Waals surface area (Å²) in [6.07, 6.45) is 1.43. The molecule has 2 unspecified atom stereocenters. The molecular weight excluding hydrogens is 400 g/mol. The summed E-state index contributed by atoms with van der Waals surface area (Å²) >= 11 is 2.50. The molecule has 1 fully saturated rings. The summed E-state index contributed by atoms with van der Waals surface area (Å²) in [5, 5.41) is 24.7. The lowest BCUT2D eigenvalue weighted by molar-refractivity contribution is -0.150. The molecule has 2 amide bonds. The van der Waals surface area contributed by atoms with Gasteiger partial charge in [0.1, 0.15) is 22.8 Å². The number of β-lactam (4-membered cyclic amide) rings is 1. The number of thioether (sulfide) groups is 1. The number of carbonyl (C=O) groups excluding carboxylic acids is 2. The predicted octanol–water partition coefficient (Wildman–Crippen LogP) is -0.683. The number of thiazole rings is 1. The Hall–Kier alpha value is -2.93. The molecule has 13 heteroatoms. The highest BCUT2D eigenvalue weighted by molar-refractivity contribution is 8.00. The molecule has 0 spiro atoms. The van der Waals surface area contributed by atoms with Crippen LogP contribution in [0.5, 0.6) is 0 Å². The number of aliphatic carboxylic acids is 2. The molecule has 2 aliphatic heterocycles. The molecule has 1 saturated heterocycles. The molecule has 0 saturated carbocycles. The lowest BCUT2D eigenvalue weighted by Gasteiger charge is -2.48. The van der Waals surface area contributed by atoms with E-state index in [1.807, 2.05) is 0 Å². The zero-order valence-corrected chi connectivity index (χ0v) is 15.0. The summed E-state index contributed by atoms with van der Waals surface area (Å²) in [5.41, 5.74) is 1.21. The third kappa shape index (κ3) is 3.78. The van der Waals surface area contributed by atoms with Crippen LogP contribution >= 0.6 is 23.1 Å². The van der Waals surface area contributed by atoms with Crippen molar-refractivity contribution in [1.82, 2.24) is 15.2 Å². The third-order valence-corrected chi connectivity index (χ3v) is 5.36. The number of hydrogen-bond donors (Lipinski definition) is 3. The van der Waals surface area contributed by atoms with Gasteiger partial charge in [0.2, 0.25) is 6.61 Å². The first-order chi connectivity index (χ1) is 12.9. The lowest BCUT2D eigenvalue weighted by atomic mass is 10.0. The number of hydrogen-bond acceptors (Lipinski definition) is 9. The second kappa shape index (κ2) is 7.75. The van der Waals surface area contributed by atoms with Gasteiger partial charge in [0, 0.05) is 11.1 Å². The summed E-state index contributed by atoms with van der Waals surface area (Å²) < 4.78 is 0. The summed E-state index contributed by atoms with van der Waals surface area (Å²) in [5.74, 6) is -3.44. The fourth-order valence-electron chi connectivity index (χ4n) is 2.43. The van der Waals surface area contributed by atoms with Crippen molar-refractivity contribution in [2.75, 3.05) is 12.4 Å². The van der Waals surface area contributed by atoms with Crippen LogP contribution in [0, 0.1) is 0 Å². The van der Waals surface area contributed by atoms with Crippen molar-refractivity contribution in [2.45, 2.75) is 11.4 Å². The van der Waals surface area contributed by atoms with E-state index in [1.54, 1.807) is 0 Å². The van der Waals surface area contributed by atoms with Crippen LogP contribution in [-0.2, 0) is 24.0 Å². The van der Waals surface area contributed by atoms with Crippen molar-refractivity contribution in [1.29, 1.82) is 0 Å². The number of carboxylic acid groups (broad SMARTS) is 2. The summed E-state index contributed by atoms with van der Waals surface area (Å²) in [6.45, 7) is -0.748. The van der Waals surface area contributed by atoms with E-state index in [0.29, 0.717) is 5.75 Å². The molecule has 3 rings (SSSR count). The molecule has 0 aromatic carbocycles. The minimum absolute atomic E-state index is 0.118. The number of aromatic nitrogens is 1. The summed E-state index contributed by atoms with van der Waals surface area (Å²) in [7, 11) is 0. The zero-order valence-electron chi connectivity index (χ0n) is 13.4. The first-order valence-corrected chi connectivity index (χ1v) is 9.38. The van der Waals surface area contributed by atoms with Crippen LogP contribution in [0.4, 0.5) is 0 Å². The molecular formula is C14H12N4O7S2. The molecule has 3 N–H and O–H groups in total. The lowest BCUT2D eigenvalue weighted by Crippen LogP contribution is -2.70. The molecule has 0 radical (unpaired) electrons. The van der Waals surface area contributed by atoms with E-state index in [4.69, 9.17) is 10.2 Å². The number of nitrogens with zero attached hydrogens (tertiary/aromatic N) is 3. The number of carboxylic acids is 2. The quantitative estimate of drug-likeness (QED) is 0.299. The minimum Gasteiger partial charge on any atom is -0.479 e. The van der Waals surface area contributed by atoms with Crippen LogP contribution in [0.25, 0.3) is 0 Å². The standard InChI is InChI=1S/C14H12N4O7S2/c19-8(20)3-25-17-9(6-4-26-5-15-6)11(21)16-10-12(22)18-7(14(23)24)1-2-27-13(10)18/h1,4-5,10,13H,2-3H2,(H,16,21)(H,19,20)(H,23,24)/b17-9-. The molecule has 142 valence electrons. The van der Waals surface area contributed by atoms with Crippen LogP contribution in [0.1, 0.15) is 5.69 Å². The summed E-state index contributed by atoms with van der Waals surface area (Å²) in [6, 6.07) is -0.936. The van der Waals surface area contributed by atoms with Crippen LogP contribution in [0.2, 0.25) is 0 Å². The first kappa shape index (κ1) is 18.8. The smallest absolute Gasteiger partial charge is 0.352 e. The van der Waals surface area contributed by atoms with Gasteiger partial charge >= 0.3 is 11.9 Å². The largest absolute Gasteiger partial charge is 0.479 e. The topological polar surface area (TPSA) is 158 Å². The van der Waals surface area contributed by atoms with Gasteiger partial charge in [-0.2, -0.15) is 0 Å². The van der Waals surface area contributed by atoms with E-state index in [0.717, 1.165) is 4.90 Å². The summed E-state index contributed by atoms with van der Waals surface area (Å²) in [4.78, 5) is 56.2. The third-order valence-electron chi connectivity index (χ3n) is 3.59. The van der Waals surface area contributed by atoms with Crippen LogP contribution in [-0.4, -0.2) is 73.3 Å². The highest BCUT2D eigenvalue weighted by Crippen LogP contribution is 2.37. The van der Waals surface area contributed by atoms with E-state index in [-0.39, 0.29) is 17.1 Å². The van der Waals surface area contributed by atoms with Gasteiger partial charge in [-0.05, 0) is 6.08 Å².